The molecule has 0 aliphatic carbocycles. The van der Waals surface area contributed by atoms with E-state index in [0.717, 1.165) is 53.6 Å². The van der Waals surface area contributed by atoms with Crippen molar-refractivity contribution < 1.29 is 4.74 Å². The third-order valence-electron chi connectivity index (χ3n) is 6.08. The van der Waals surface area contributed by atoms with Crippen molar-refractivity contribution in [1.29, 1.82) is 0 Å². The van der Waals surface area contributed by atoms with Gasteiger partial charge in [-0.05, 0) is 43.4 Å². The van der Waals surface area contributed by atoms with Gasteiger partial charge in [-0.3, -0.25) is 0 Å². The number of methoxy groups -OCH3 is 1. The van der Waals surface area contributed by atoms with Gasteiger partial charge < -0.3 is 9.64 Å². The molecule has 4 aromatic heterocycles. The molecular formula is C23H29N7O. The van der Waals surface area contributed by atoms with Crippen LogP contribution in [0.3, 0.4) is 0 Å². The SMILES string of the molecule is COc1nn2cc(C(C)C)nc2cc1CC(C)c1cn2nc(N3CCCC3)ccc2n1. The predicted molar refractivity (Wildman–Crippen MR) is 120 cm³/mol. The van der Waals surface area contributed by atoms with Gasteiger partial charge in [0.05, 0.1) is 30.9 Å². The van der Waals surface area contributed by atoms with Gasteiger partial charge in [-0.1, -0.05) is 20.8 Å². The van der Waals surface area contributed by atoms with E-state index in [0.29, 0.717) is 11.8 Å². The minimum atomic E-state index is 0.189. The van der Waals surface area contributed by atoms with Crippen molar-refractivity contribution in [2.24, 2.45) is 0 Å². The molecule has 4 aromatic rings. The molecule has 31 heavy (non-hydrogen) atoms. The van der Waals surface area contributed by atoms with E-state index in [1.54, 1.807) is 11.6 Å². The Labute approximate surface area is 181 Å². The van der Waals surface area contributed by atoms with E-state index in [-0.39, 0.29) is 5.92 Å². The van der Waals surface area contributed by atoms with Crippen molar-refractivity contribution in [3.05, 3.63) is 47.5 Å². The van der Waals surface area contributed by atoms with E-state index >= 15 is 0 Å². The zero-order valence-electron chi connectivity index (χ0n) is 18.6. The lowest BCUT2D eigenvalue weighted by Gasteiger charge is -2.15. The molecule has 0 aromatic carbocycles. The van der Waals surface area contributed by atoms with Crippen molar-refractivity contribution in [2.75, 3.05) is 25.1 Å². The van der Waals surface area contributed by atoms with Gasteiger partial charge in [0.1, 0.15) is 5.82 Å². The molecule has 0 bridgehead atoms. The first-order chi connectivity index (χ1) is 15.0. The molecule has 0 spiro atoms. The molecule has 1 aliphatic heterocycles. The summed E-state index contributed by atoms with van der Waals surface area (Å²) in [6.45, 7) is 8.61. The number of rotatable bonds is 6. The number of imidazole rings is 2. The highest BCUT2D eigenvalue weighted by molar-refractivity contribution is 5.48. The normalized spacial score (nSPS) is 15.5. The fraction of sp³-hybridized carbons (Fsp3) is 0.478. The molecule has 1 unspecified atom stereocenters. The van der Waals surface area contributed by atoms with E-state index in [2.05, 4.69) is 49.0 Å². The van der Waals surface area contributed by atoms with Crippen LogP contribution in [0.4, 0.5) is 5.82 Å². The van der Waals surface area contributed by atoms with Gasteiger partial charge in [0.25, 0.3) is 0 Å². The summed E-state index contributed by atoms with van der Waals surface area (Å²) in [6.07, 6.45) is 7.26. The van der Waals surface area contributed by atoms with Gasteiger partial charge in [-0.15, -0.1) is 10.2 Å². The largest absolute Gasteiger partial charge is 0.480 e. The van der Waals surface area contributed by atoms with Gasteiger partial charge >= 0.3 is 0 Å². The Morgan fingerprint density at radius 2 is 1.65 bits per heavy atom. The summed E-state index contributed by atoms with van der Waals surface area (Å²) in [5, 5.41) is 9.42. The summed E-state index contributed by atoms with van der Waals surface area (Å²) < 4.78 is 9.30. The lowest BCUT2D eigenvalue weighted by molar-refractivity contribution is 0.383. The van der Waals surface area contributed by atoms with Crippen molar-refractivity contribution in [3.63, 3.8) is 0 Å². The van der Waals surface area contributed by atoms with Gasteiger partial charge in [-0.2, -0.15) is 0 Å². The van der Waals surface area contributed by atoms with Gasteiger partial charge in [0.2, 0.25) is 5.88 Å². The first-order valence-electron chi connectivity index (χ1n) is 11.1. The fourth-order valence-electron chi connectivity index (χ4n) is 4.24. The lowest BCUT2D eigenvalue weighted by atomic mass is 9.99. The highest BCUT2D eigenvalue weighted by atomic mass is 16.5. The van der Waals surface area contributed by atoms with Crippen molar-refractivity contribution in [1.82, 2.24) is 29.2 Å². The summed E-state index contributed by atoms with van der Waals surface area (Å²) in [5.74, 6) is 2.20. The van der Waals surface area contributed by atoms with Crippen LogP contribution in [0.15, 0.2) is 30.6 Å². The molecule has 1 aliphatic rings. The summed E-state index contributed by atoms with van der Waals surface area (Å²) in [6, 6.07) is 6.21. The van der Waals surface area contributed by atoms with Crippen LogP contribution in [0.25, 0.3) is 11.3 Å². The second-order valence-electron chi connectivity index (χ2n) is 8.76. The molecule has 1 atom stereocenters. The molecule has 1 saturated heterocycles. The number of hydrogen-bond donors (Lipinski definition) is 0. The molecule has 0 saturated carbocycles. The van der Waals surface area contributed by atoms with E-state index < -0.39 is 0 Å². The molecule has 0 radical (unpaired) electrons. The Morgan fingerprint density at radius 3 is 2.39 bits per heavy atom. The van der Waals surface area contributed by atoms with Gasteiger partial charge in [0, 0.05) is 24.6 Å². The van der Waals surface area contributed by atoms with Gasteiger partial charge in [0.15, 0.2) is 11.3 Å². The standard InChI is InChI=1S/C23H29N7O/c1-15(2)18-13-30-22(24-18)12-17(23(27-30)31-4)11-16(3)19-14-29-20(25-19)7-8-21(26-29)28-9-5-6-10-28/h7-8,12-16H,5-6,9-11H2,1-4H3. The first kappa shape index (κ1) is 19.8. The Hall–Kier alpha value is -3.16. The van der Waals surface area contributed by atoms with E-state index in [9.17, 15) is 0 Å². The van der Waals surface area contributed by atoms with Crippen LogP contribution in [0.5, 0.6) is 5.88 Å². The number of hydrogen-bond acceptors (Lipinski definition) is 6. The fourth-order valence-corrected chi connectivity index (χ4v) is 4.24. The second-order valence-corrected chi connectivity index (χ2v) is 8.76. The van der Waals surface area contributed by atoms with Crippen LogP contribution in [-0.2, 0) is 6.42 Å². The molecule has 5 heterocycles. The zero-order chi connectivity index (χ0) is 21.5. The average molecular weight is 420 g/mol. The Morgan fingerprint density at radius 1 is 0.935 bits per heavy atom. The minimum absolute atomic E-state index is 0.189. The third-order valence-corrected chi connectivity index (χ3v) is 6.08. The number of aromatic nitrogens is 6. The molecule has 1 fully saturated rings. The maximum Gasteiger partial charge on any atom is 0.234 e. The molecule has 0 amide bonds. The van der Waals surface area contributed by atoms with E-state index in [1.165, 1.54) is 12.8 Å². The first-order valence-corrected chi connectivity index (χ1v) is 11.1. The second kappa shape index (κ2) is 7.83. The maximum absolute atomic E-state index is 5.59. The monoisotopic (exact) mass is 419 g/mol. The predicted octanol–water partition coefficient (Wildman–Crippen LogP) is 3.85. The zero-order valence-corrected chi connectivity index (χ0v) is 18.6. The van der Waals surface area contributed by atoms with Crippen molar-refractivity contribution >= 4 is 17.1 Å². The molecule has 5 rings (SSSR count). The van der Waals surface area contributed by atoms with E-state index in [4.69, 9.17) is 19.8 Å². The topological polar surface area (TPSA) is 72.8 Å². The quantitative estimate of drug-likeness (QED) is 0.473. The van der Waals surface area contributed by atoms with Crippen LogP contribution in [0, 0.1) is 0 Å². The Kier molecular flexibility index (Phi) is 5.00. The number of ether oxygens (including phenoxy) is 1. The number of fused-ring (bicyclic) bond motifs is 2. The summed E-state index contributed by atoms with van der Waals surface area (Å²) in [7, 11) is 1.66. The molecule has 8 nitrogen and oxygen atoms in total. The van der Waals surface area contributed by atoms with Crippen LogP contribution < -0.4 is 9.64 Å². The van der Waals surface area contributed by atoms with Crippen LogP contribution >= 0.6 is 0 Å². The minimum Gasteiger partial charge on any atom is -0.480 e. The lowest BCUT2D eigenvalue weighted by Crippen LogP contribution is -2.19. The summed E-state index contributed by atoms with van der Waals surface area (Å²) in [5.41, 5.74) is 4.80. The molecule has 0 N–H and O–H groups in total. The summed E-state index contributed by atoms with van der Waals surface area (Å²) >= 11 is 0. The Balaban J connectivity index is 1.42. The number of anilines is 1. The van der Waals surface area contributed by atoms with Crippen LogP contribution in [0.2, 0.25) is 0 Å². The molecular weight excluding hydrogens is 390 g/mol. The molecule has 162 valence electrons. The van der Waals surface area contributed by atoms with Crippen molar-refractivity contribution in [2.45, 2.75) is 51.9 Å². The van der Waals surface area contributed by atoms with Crippen molar-refractivity contribution in [3.8, 4) is 5.88 Å². The Bertz CT molecular complexity index is 1220. The smallest absolute Gasteiger partial charge is 0.234 e. The highest BCUT2D eigenvalue weighted by Crippen LogP contribution is 2.27. The summed E-state index contributed by atoms with van der Waals surface area (Å²) in [4.78, 5) is 11.9. The van der Waals surface area contributed by atoms with E-state index in [1.807, 2.05) is 16.9 Å². The maximum atomic E-state index is 5.59. The molecule has 8 heteroatoms. The number of nitrogens with zero attached hydrogens (tertiary/aromatic N) is 7. The van der Waals surface area contributed by atoms with Crippen LogP contribution in [0.1, 0.15) is 62.4 Å². The van der Waals surface area contributed by atoms with Gasteiger partial charge in [-0.25, -0.2) is 19.0 Å². The van der Waals surface area contributed by atoms with Crippen LogP contribution in [-0.4, -0.2) is 49.4 Å². The average Bonchev–Trinajstić information content (AvgIpc) is 3.51. The highest BCUT2D eigenvalue weighted by Gasteiger charge is 2.19. The third kappa shape index (κ3) is 3.71.